The van der Waals surface area contributed by atoms with Gasteiger partial charge in [0.25, 0.3) is 5.91 Å². The molecule has 0 spiro atoms. The molecule has 1 heterocycles. The van der Waals surface area contributed by atoms with Crippen molar-refractivity contribution in [2.75, 3.05) is 6.54 Å². The van der Waals surface area contributed by atoms with Gasteiger partial charge in [-0.25, -0.2) is 4.99 Å². The van der Waals surface area contributed by atoms with Crippen LogP contribution in [-0.4, -0.2) is 18.4 Å². The number of nitrogens with zero attached hydrogens (tertiary/aromatic N) is 1. The highest BCUT2D eigenvalue weighted by atomic mass is 19.4. The zero-order valence-corrected chi connectivity index (χ0v) is 14.1. The lowest BCUT2D eigenvalue weighted by Gasteiger charge is -2.10. The zero-order chi connectivity index (χ0) is 19.2. The van der Waals surface area contributed by atoms with Gasteiger partial charge < -0.3 is 20.8 Å². The normalized spacial score (nSPS) is 12.1. The van der Waals surface area contributed by atoms with Gasteiger partial charge in [-0.2, -0.15) is 13.2 Å². The van der Waals surface area contributed by atoms with Gasteiger partial charge in [0.15, 0.2) is 11.7 Å². The molecule has 0 aliphatic rings. The minimum atomic E-state index is -4.36. The maximum atomic E-state index is 12.6. The Kier molecular flexibility index (Phi) is 6.26. The van der Waals surface area contributed by atoms with Crippen LogP contribution in [-0.2, 0) is 19.3 Å². The molecule has 1 amide bonds. The molecule has 2 rings (SSSR count). The Morgan fingerprint density at radius 1 is 1.15 bits per heavy atom. The summed E-state index contributed by atoms with van der Waals surface area (Å²) in [6, 6.07) is 7.93. The smallest absolute Gasteiger partial charge is 0.416 e. The first kappa shape index (κ1) is 19.4. The average Bonchev–Trinajstić information content (AvgIpc) is 3.06. The van der Waals surface area contributed by atoms with Crippen molar-refractivity contribution in [3.63, 3.8) is 0 Å². The number of rotatable bonds is 6. The van der Waals surface area contributed by atoms with E-state index in [1.807, 2.05) is 6.92 Å². The van der Waals surface area contributed by atoms with E-state index in [4.69, 9.17) is 10.2 Å². The third-order valence-corrected chi connectivity index (χ3v) is 3.38. The fraction of sp³-hybridized carbons (Fsp3) is 0.294. The predicted molar refractivity (Wildman–Crippen MR) is 90.3 cm³/mol. The summed E-state index contributed by atoms with van der Waals surface area (Å²) in [7, 11) is 0. The van der Waals surface area contributed by atoms with Gasteiger partial charge in [0, 0.05) is 6.54 Å². The molecule has 0 fully saturated rings. The minimum absolute atomic E-state index is 0.0634. The van der Waals surface area contributed by atoms with Crippen LogP contribution in [0.3, 0.4) is 0 Å². The molecule has 0 bridgehead atoms. The topological polar surface area (TPSA) is 92.6 Å². The highest BCUT2D eigenvalue weighted by Gasteiger charge is 2.29. The van der Waals surface area contributed by atoms with Crippen LogP contribution in [0.2, 0.25) is 0 Å². The second-order valence-corrected chi connectivity index (χ2v) is 5.37. The van der Waals surface area contributed by atoms with E-state index in [0.29, 0.717) is 23.8 Å². The maximum Gasteiger partial charge on any atom is 0.416 e. The summed E-state index contributed by atoms with van der Waals surface area (Å²) in [5, 5.41) is 6.02. The number of hydrogen-bond acceptors (Lipinski definition) is 3. The van der Waals surface area contributed by atoms with Crippen LogP contribution in [0.1, 0.15) is 34.4 Å². The Hall–Kier alpha value is -2.97. The summed E-state index contributed by atoms with van der Waals surface area (Å²) >= 11 is 0. The van der Waals surface area contributed by atoms with Gasteiger partial charge >= 0.3 is 6.18 Å². The Morgan fingerprint density at radius 3 is 2.38 bits per heavy atom. The molecule has 4 N–H and O–H groups in total. The number of alkyl halides is 3. The number of carbonyl (C=O) groups excluding carboxylic acids is 1. The fourth-order valence-electron chi connectivity index (χ4n) is 2.09. The van der Waals surface area contributed by atoms with E-state index in [1.54, 1.807) is 6.07 Å². The predicted octanol–water partition coefficient (Wildman–Crippen LogP) is 2.65. The molecular weight excluding hydrogens is 349 g/mol. The molecule has 1 aromatic heterocycles. The van der Waals surface area contributed by atoms with E-state index < -0.39 is 17.6 Å². The number of hydrogen-bond donors (Lipinski definition) is 3. The molecule has 0 aliphatic carbocycles. The monoisotopic (exact) mass is 368 g/mol. The van der Waals surface area contributed by atoms with Crippen molar-refractivity contribution in [3.8, 4) is 0 Å². The number of guanidine groups is 1. The number of nitrogens with two attached hydrogens (primary N) is 1. The first-order chi connectivity index (χ1) is 12.3. The Bertz CT molecular complexity index is 767. The lowest BCUT2D eigenvalue weighted by Crippen LogP contribution is -2.36. The van der Waals surface area contributed by atoms with Gasteiger partial charge in [0.05, 0.1) is 18.7 Å². The molecule has 2 aromatic rings. The molecule has 26 heavy (non-hydrogen) atoms. The number of halogens is 3. The largest absolute Gasteiger partial charge is 0.454 e. The second-order valence-electron chi connectivity index (χ2n) is 5.37. The summed E-state index contributed by atoms with van der Waals surface area (Å²) in [5.41, 5.74) is 5.07. The van der Waals surface area contributed by atoms with E-state index in [2.05, 4.69) is 15.6 Å². The van der Waals surface area contributed by atoms with Crippen LogP contribution >= 0.6 is 0 Å². The minimum Gasteiger partial charge on any atom is -0.454 e. The average molecular weight is 368 g/mol. The van der Waals surface area contributed by atoms with Crippen LogP contribution in [0.25, 0.3) is 0 Å². The Morgan fingerprint density at radius 2 is 1.85 bits per heavy atom. The molecular formula is C17H19F3N4O2. The number of benzene rings is 1. The molecule has 0 unspecified atom stereocenters. The number of furan rings is 1. The molecule has 0 saturated carbocycles. The molecule has 0 atom stereocenters. The third-order valence-electron chi connectivity index (χ3n) is 3.38. The van der Waals surface area contributed by atoms with E-state index >= 15 is 0 Å². The molecule has 0 aliphatic heterocycles. The van der Waals surface area contributed by atoms with Crippen molar-refractivity contribution in [1.29, 1.82) is 0 Å². The van der Waals surface area contributed by atoms with Crippen molar-refractivity contribution in [2.24, 2.45) is 10.7 Å². The standard InChI is InChI=1S/C17H19F3N4O2/c1-2-22-16(24-10-13-7-8-14(26-13)15(21)25)23-9-11-3-5-12(6-4-11)17(18,19)20/h3-8H,2,9-10H2,1H3,(H2,21,25)(H2,22,23,24). The SMILES string of the molecule is CCNC(=NCc1ccc(C(F)(F)F)cc1)NCc1ccc(C(N)=O)o1. The quantitative estimate of drug-likeness (QED) is 0.540. The highest BCUT2D eigenvalue weighted by Crippen LogP contribution is 2.29. The summed E-state index contributed by atoms with van der Waals surface area (Å²) in [6.07, 6.45) is -4.36. The van der Waals surface area contributed by atoms with Crippen LogP contribution in [0.4, 0.5) is 13.2 Å². The summed E-state index contributed by atoms with van der Waals surface area (Å²) in [6.45, 7) is 2.96. The van der Waals surface area contributed by atoms with Gasteiger partial charge in [-0.15, -0.1) is 0 Å². The third kappa shape index (κ3) is 5.54. The van der Waals surface area contributed by atoms with Crippen molar-refractivity contribution >= 4 is 11.9 Å². The molecule has 9 heteroatoms. The second kappa shape index (κ2) is 8.41. The van der Waals surface area contributed by atoms with E-state index in [1.165, 1.54) is 18.2 Å². The highest BCUT2D eigenvalue weighted by molar-refractivity contribution is 5.89. The number of nitrogens with one attached hydrogen (secondary N) is 2. The first-order valence-corrected chi connectivity index (χ1v) is 7.86. The van der Waals surface area contributed by atoms with Crippen molar-refractivity contribution < 1.29 is 22.4 Å². The van der Waals surface area contributed by atoms with Crippen LogP contribution in [0, 0.1) is 0 Å². The number of amides is 1. The summed E-state index contributed by atoms with van der Waals surface area (Å²) in [5.74, 6) is 0.371. The van der Waals surface area contributed by atoms with Crippen LogP contribution in [0.5, 0.6) is 0 Å². The van der Waals surface area contributed by atoms with Crippen molar-refractivity contribution in [2.45, 2.75) is 26.2 Å². The van der Waals surface area contributed by atoms with E-state index in [9.17, 15) is 18.0 Å². The summed E-state index contributed by atoms with van der Waals surface area (Å²) in [4.78, 5) is 15.3. The van der Waals surface area contributed by atoms with Gasteiger partial charge in [-0.05, 0) is 36.8 Å². The lowest BCUT2D eigenvalue weighted by molar-refractivity contribution is -0.137. The number of primary amides is 1. The molecule has 140 valence electrons. The lowest BCUT2D eigenvalue weighted by atomic mass is 10.1. The fourth-order valence-corrected chi connectivity index (χ4v) is 2.09. The van der Waals surface area contributed by atoms with E-state index in [0.717, 1.165) is 12.1 Å². The molecule has 6 nitrogen and oxygen atoms in total. The van der Waals surface area contributed by atoms with Gasteiger partial charge in [-0.1, -0.05) is 12.1 Å². The van der Waals surface area contributed by atoms with Gasteiger partial charge in [0.1, 0.15) is 5.76 Å². The Balaban J connectivity index is 1.98. The van der Waals surface area contributed by atoms with Gasteiger partial charge in [-0.3, -0.25) is 4.79 Å². The van der Waals surface area contributed by atoms with Crippen LogP contribution in [0.15, 0.2) is 45.8 Å². The summed E-state index contributed by atoms with van der Waals surface area (Å²) < 4.78 is 42.9. The van der Waals surface area contributed by atoms with Crippen molar-refractivity contribution in [1.82, 2.24) is 10.6 Å². The number of aliphatic imine (C=N–C) groups is 1. The zero-order valence-electron chi connectivity index (χ0n) is 14.1. The van der Waals surface area contributed by atoms with Crippen LogP contribution < -0.4 is 16.4 Å². The molecule has 1 aromatic carbocycles. The van der Waals surface area contributed by atoms with Gasteiger partial charge in [0.2, 0.25) is 0 Å². The molecule has 0 radical (unpaired) electrons. The number of carbonyl (C=O) groups is 1. The Labute approximate surface area is 148 Å². The maximum absolute atomic E-state index is 12.6. The molecule has 0 saturated heterocycles. The van der Waals surface area contributed by atoms with E-state index in [-0.39, 0.29) is 18.8 Å². The first-order valence-electron chi connectivity index (χ1n) is 7.86. The van der Waals surface area contributed by atoms with Crippen molar-refractivity contribution in [3.05, 3.63) is 59.0 Å².